The van der Waals surface area contributed by atoms with Crippen molar-refractivity contribution in [1.82, 2.24) is 5.43 Å². The van der Waals surface area contributed by atoms with Crippen molar-refractivity contribution >= 4 is 5.69 Å². The zero-order chi connectivity index (χ0) is 18.4. The van der Waals surface area contributed by atoms with E-state index in [9.17, 15) is 5.11 Å². The van der Waals surface area contributed by atoms with Gasteiger partial charge in [0.15, 0.2) is 0 Å². The summed E-state index contributed by atoms with van der Waals surface area (Å²) >= 11 is 0. The van der Waals surface area contributed by atoms with Crippen LogP contribution >= 0.6 is 0 Å². The highest BCUT2D eigenvalue weighted by Crippen LogP contribution is 2.62. The SMILES string of the molecule is Cc1cc(CNNc2ccccc2)c(O)c(C23CC4CC(CC(C4)C2)C3)c1. The molecule has 0 unspecified atom stereocenters. The highest BCUT2D eigenvalue weighted by atomic mass is 16.3. The maximum atomic E-state index is 11.2. The molecule has 0 aromatic heterocycles. The van der Waals surface area contributed by atoms with E-state index in [4.69, 9.17) is 0 Å². The summed E-state index contributed by atoms with van der Waals surface area (Å²) in [7, 11) is 0. The summed E-state index contributed by atoms with van der Waals surface area (Å²) in [6.45, 7) is 2.78. The number of hydrazine groups is 1. The molecule has 27 heavy (non-hydrogen) atoms. The molecule has 4 bridgehead atoms. The van der Waals surface area contributed by atoms with Crippen molar-refractivity contribution in [2.45, 2.75) is 57.4 Å². The molecule has 3 heteroatoms. The molecular formula is C24H30N2O. The topological polar surface area (TPSA) is 44.3 Å². The van der Waals surface area contributed by atoms with Crippen LogP contribution in [0, 0.1) is 24.7 Å². The lowest BCUT2D eigenvalue weighted by molar-refractivity contribution is -0.00621. The monoisotopic (exact) mass is 362 g/mol. The van der Waals surface area contributed by atoms with Crippen LogP contribution in [0.4, 0.5) is 5.69 Å². The van der Waals surface area contributed by atoms with Crippen molar-refractivity contribution in [1.29, 1.82) is 0 Å². The van der Waals surface area contributed by atoms with Gasteiger partial charge in [-0.2, -0.15) is 0 Å². The predicted molar refractivity (Wildman–Crippen MR) is 110 cm³/mol. The smallest absolute Gasteiger partial charge is 0.123 e. The first-order chi connectivity index (χ1) is 13.1. The van der Waals surface area contributed by atoms with Gasteiger partial charge in [-0.25, -0.2) is 5.43 Å². The van der Waals surface area contributed by atoms with Crippen LogP contribution in [0.15, 0.2) is 42.5 Å². The second-order valence-electron chi connectivity index (χ2n) is 9.36. The van der Waals surface area contributed by atoms with E-state index in [0.717, 1.165) is 29.0 Å². The Kier molecular flexibility index (Phi) is 4.16. The summed E-state index contributed by atoms with van der Waals surface area (Å²) in [5, 5.41) is 11.2. The van der Waals surface area contributed by atoms with Crippen LogP contribution in [0.1, 0.15) is 55.2 Å². The lowest BCUT2D eigenvalue weighted by Gasteiger charge is -2.57. The largest absolute Gasteiger partial charge is 0.507 e. The van der Waals surface area contributed by atoms with E-state index in [1.54, 1.807) is 0 Å². The van der Waals surface area contributed by atoms with E-state index in [0.29, 0.717) is 12.3 Å². The van der Waals surface area contributed by atoms with Crippen molar-refractivity contribution in [3.63, 3.8) is 0 Å². The second kappa shape index (κ2) is 6.56. The van der Waals surface area contributed by atoms with Gasteiger partial charge < -0.3 is 10.5 Å². The molecule has 4 saturated carbocycles. The molecule has 0 radical (unpaired) electrons. The minimum atomic E-state index is 0.229. The fraction of sp³-hybridized carbons (Fsp3) is 0.500. The van der Waals surface area contributed by atoms with E-state index < -0.39 is 0 Å². The highest BCUT2D eigenvalue weighted by molar-refractivity contribution is 5.49. The number of benzene rings is 2. The summed E-state index contributed by atoms with van der Waals surface area (Å²) in [4.78, 5) is 0. The van der Waals surface area contributed by atoms with Gasteiger partial charge in [0.2, 0.25) is 0 Å². The van der Waals surface area contributed by atoms with Crippen LogP contribution < -0.4 is 10.9 Å². The van der Waals surface area contributed by atoms with Crippen molar-refractivity contribution in [2.75, 3.05) is 5.43 Å². The molecule has 0 heterocycles. The molecule has 3 N–H and O–H groups in total. The maximum absolute atomic E-state index is 11.2. The Hall–Kier alpha value is -2.00. The summed E-state index contributed by atoms with van der Waals surface area (Å²) < 4.78 is 0. The molecule has 0 spiro atoms. The average Bonchev–Trinajstić information content (AvgIpc) is 2.64. The molecule has 0 saturated heterocycles. The molecule has 4 fully saturated rings. The molecule has 4 aliphatic carbocycles. The number of anilines is 1. The van der Waals surface area contributed by atoms with Gasteiger partial charge in [-0.3, -0.25) is 0 Å². The van der Waals surface area contributed by atoms with E-state index in [1.165, 1.54) is 49.7 Å². The molecule has 2 aromatic carbocycles. The number of rotatable bonds is 5. The maximum Gasteiger partial charge on any atom is 0.123 e. The predicted octanol–water partition coefficient (Wildman–Crippen LogP) is 5.29. The van der Waals surface area contributed by atoms with Gasteiger partial charge >= 0.3 is 0 Å². The van der Waals surface area contributed by atoms with Gasteiger partial charge in [0.1, 0.15) is 5.75 Å². The van der Waals surface area contributed by atoms with E-state index >= 15 is 0 Å². The van der Waals surface area contributed by atoms with Crippen LogP contribution in [0.5, 0.6) is 5.75 Å². The fourth-order valence-electron chi connectivity index (χ4n) is 6.60. The number of hydrogen-bond donors (Lipinski definition) is 3. The Morgan fingerprint density at radius 2 is 1.59 bits per heavy atom. The van der Waals surface area contributed by atoms with Gasteiger partial charge in [0, 0.05) is 23.4 Å². The first-order valence-corrected chi connectivity index (χ1v) is 10.5. The minimum Gasteiger partial charge on any atom is -0.507 e. The molecule has 6 rings (SSSR count). The molecule has 3 nitrogen and oxygen atoms in total. The van der Waals surface area contributed by atoms with Crippen molar-refractivity contribution in [3.8, 4) is 5.75 Å². The van der Waals surface area contributed by atoms with Crippen LogP contribution in [0.25, 0.3) is 0 Å². The summed E-state index contributed by atoms with van der Waals surface area (Å²) in [6, 6.07) is 14.5. The van der Waals surface area contributed by atoms with Gasteiger partial charge in [-0.05, 0) is 80.8 Å². The lowest BCUT2D eigenvalue weighted by atomic mass is 9.48. The number of para-hydroxylation sites is 1. The Labute approximate surface area is 162 Å². The number of hydrogen-bond acceptors (Lipinski definition) is 3. The molecule has 142 valence electrons. The molecule has 4 aliphatic rings. The quantitative estimate of drug-likeness (QED) is 0.634. The van der Waals surface area contributed by atoms with Gasteiger partial charge in [0.05, 0.1) is 0 Å². The van der Waals surface area contributed by atoms with Crippen LogP contribution in [-0.4, -0.2) is 5.11 Å². The first kappa shape index (κ1) is 17.1. The van der Waals surface area contributed by atoms with E-state index in [1.807, 2.05) is 30.3 Å². The molecule has 0 amide bonds. The van der Waals surface area contributed by atoms with Crippen molar-refractivity contribution in [2.24, 2.45) is 17.8 Å². The lowest BCUT2D eigenvalue weighted by Crippen LogP contribution is -2.48. The Morgan fingerprint density at radius 1 is 0.963 bits per heavy atom. The molecular weight excluding hydrogens is 332 g/mol. The number of nitrogens with one attached hydrogen (secondary N) is 2. The van der Waals surface area contributed by atoms with Crippen LogP contribution in [0.3, 0.4) is 0 Å². The average molecular weight is 363 g/mol. The minimum absolute atomic E-state index is 0.229. The summed E-state index contributed by atoms with van der Waals surface area (Å²) in [5.74, 6) is 3.19. The van der Waals surface area contributed by atoms with E-state index in [-0.39, 0.29) is 5.41 Å². The Bertz CT molecular complexity index is 794. The first-order valence-electron chi connectivity index (χ1n) is 10.5. The standard InChI is InChI=1S/C24H30N2O/c1-16-7-20(15-25-26-21-5-3-2-4-6-21)23(27)22(8-16)24-12-17-9-18(13-24)11-19(10-17)14-24/h2-8,17-19,25-27H,9-15H2,1H3. The Morgan fingerprint density at radius 3 is 2.22 bits per heavy atom. The van der Waals surface area contributed by atoms with Crippen LogP contribution in [0.2, 0.25) is 0 Å². The van der Waals surface area contributed by atoms with Gasteiger partial charge in [-0.1, -0.05) is 35.9 Å². The third-order valence-corrected chi connectivity index (χ3v) is 7.23. The second-order valence-corrected chi connectivity index (χ2v) is 9.36. The fourth-order valence-corrected chi connectivity index (χ4v) is 6.60. The third kappa shape index (κ3) is 3.12. The molecule has 2 aromatic rings. The van der Waals surface area contributed by atoms with E-state index in [2.05, 4.69) is 29.9 Å². The van der Waals surface area contributed by atoms with Crippen LogP contribution in [-0.2, 0) is 12.0 Å². The van der Waals surface area contributed by atoms with Gasteiger partial charge in [-0.15, -0.1) is 0 Å². The zero-order valence-corrected chi connectivity index (χ0v) is 16.2. The number of phenols is 1. The van der Waals surface area contributed by atoms with Crippen molar-refractivity contribution < 1.29 is 5.11 Å². The summed E-state index contributed by atoms with van der Waals surface area (Å²) in [6.07, 6.45) is 8.14. The van der Waals surface area contributed by atoms with Crippen molar-refractivity contribution in [3.05, 3.63) is 59.2 Å². The Balaban J connectivity index is 1.39. The number of phenolic OH excluding ortho intramolecular Hbond substituents is 1. The molecule has 0 atom stereocenters. The number of aromatic hydroxyl groups is 1. The normalized spacial score (nSPS) is 31.2. The summed E-state index contributed by atoms with van der Waals surface area (Å²) in [5.41, 5.74) is 11.3. The number of aryl methyl sites for hydroxylation is 1. The molecule has 0 aliphatic heterocycles. The zero-order valence-electron chi connectivity index (χ0n) is 16.2. The third-order valence-electron chi connectivity index (χ3n) is 7.23. The highest BCUT2D eigenvalue weighted by Gasteiger charge is 2.52. The van der Waals surface area contributed by atoms with Gasteiger partial charge in [0.25, 0.3) is 0 Å².